The Balaban J connectivity index is 2.02. The smallest absolute Gasteiger partial charge is 0.260 e. The molecule has 2 amide bonds. The van der Waals surface area contributed by atoms with Crippen LogP contribution in [0.15, 0.2) is 9.95 Å². The molecule has 28 heavy (non-hydrogen) atoms. The highest BCUT2D eigenvalue weighted by Gasteiger charge is 2.17. The number of aryl methyl sites for hydroxylation is 1. The van der Waals surface area contributed by atoms with Crippen LogP contribution in [0.25, 0.3) is 10.2 Å². The van der Waals surface area contributed by atoms with Gasteiger partial charge >= 0.3 is 0 Å². The van der Waals surface area contributed by atoms with E-state index in [9.17, 15) is 14.4 Å². The van der Waals surface area contributed by atoms with Crippen LogP contribution in [-0.2, 0) is 16.0 Å². The molecular weight excluding hydrogens is 396 g/mol. The number of nitrogens with one attached hydrogen (secondary N) is 3. The van der Waals surface area contributed by atoms with Gasteiger partial charge in [-0.1, -0.05) is 39.0 Å². The summed E-state index contributed by atoms with van der Waals surface area (Å²) in [4.78, 5) is 45.2. The molecule has 2 heterocycles. The van der Waals surface area contributed by atoms with Gasteiger partial charge in [0.05, 0.1) is 17.7 Å². The first kappa shape index (κ1) is 22.4. The second-order valence-corrected chi connectivity index (χ2v) is 8.99. The zero-order valence-electron chi connectivity index (χ0n) is 16.8. The number of thiophene rings is 1. The molecule has 0 radical (unpaired) electrons. The summed E-state index contributed by atoms with van der Waals surface area (Å²) in [7, 11) is 0. The normalized spacial score (nSPS) is 12.1. The van der Waals surface area contributed by atoms with Gasteiger partial charge in [-0.05, 0) is 31.2 Å². The van der Waals surface area contributed by atoms with E-state index in [-0.39, 0.29) is 29.7 Å². The van der Waals surface area contributed by atoms with Crippen LogP contribution in [0.1, 0.15) is 44.1 Å². The van der Waals surface area contributed by atoms with Gasteiger partial charge in [0.1, 0.15) is 4.83 Å². The molecule has 3 N–H and O–H groups in total. The number of rotatable bonds is 10. The molecule has 0 aliphatic carbocycles. The van der Waals surface area contributed by atoms with E-state index in [0.29, 0.717) is 27.8 Å². The second-order valence-electron chi connectivity index (χ2n) is 6.82. The first-order valence-corrected chi connectivity index (χ1v) is 11.3. The molecule has 2 aromatic rings. The van der Waals surface area contributed by atoms with Gasteiger partial charge in [-0.25, -0.2) is 4.98 Å². The lowest BCUT2D eigenvalue weighted by atomic mass is 9.98. The lowest BCUT2D eigenvalue weighted by Crippen LogP contribution is -2.37. The Bertz CT molecular complexity index is 891. The SMILES string of the molecule is CCCNC(=O)CNC(=O)CSc1nc2sc(C)c(C[C@H](C)CC)c2c(=O)[nH]1. The fraction of sp³-hybridized carbons (Fsp3) is 0.579. The maximum absolute atomic E-state index is 12.6. The standard InChI is InChI=1S/C19H28N4O3S2/c1-5-7-20-14(24)9-21-15(25)10-27-19-22-17(26)16-13(8-11(3)6-2)12(4)28-18(16)23-19/h11H,5-10H2,1-4H3,(H,20,24)(H,21,25)(H,22,23,26)/t11-/m1/s1. The van der Waals surface area contributed by atoms with Crippen molar-refractivity contribution in [3.05, 3.63) is 20.8 Å². The van der Waals surface area contributed by atoms with E-state index in [1.54, 1.807) is 0 Å². The van der Waals surface area contributed by atoms with Gasteiger partial charge < -0.3 is 15.6 Å². The number of fused-ring (bicyclic) bond motifs is 1. The molecule has 154 valence electrons. The molecule has 0 aromatic carbocycles. The van der Waals surface area contributed by atoms with E-state index in [2.05, 4.69) is 34.4 Å². The van der Waals surface area contributed by atoms with Crippen LogP contribution in [0.4, 0.5) is 0 Å². The van der Waals surface area contributed by atoms with Gasteiger partial charge in [-0.2, -0.15) is 0 Å². The summed E-state index contributed by atoms with van der Waals surface area (Å²) in [6.07, 6.45) is 2.77. The summed E-state index contributed by atoms with van der Waals surface area (Å²) in [6, 6.07) is 0. The number of hydrogen-bond donors (Lipinski definition) is 3. The molecule has 0 saturated carbocycles. The lowest BCUT2D eigenvalue weighted by molar-refractivity contribution is -0.124. The van der Waals surface area contributed by atoms with Crippen molar-refractivity contribution in [1.82, 2.24) is 20.6 Å². The average molecular weight is 425 g/mol. The monoisotopic (exact) mass is 424 g/mol. The number of hydrogen-bond acceptors (Lipinski definition) is 6. The predicted octanol–water partition coefficient (Wildman–Crippen LogP) is 2.62. The number of aromatic amines is 1. The van der Waals surface area contributed by atoms with Gasteiger partial charge in [-0.15, -0.1) is 11.3 Å². The molecule has 2 rings (SSSR count). The van der Waals surface area contributed by atoms with Crippen molar-refractivity contribution >= 4 is 45.1 Å². The molecule has 0 saturated heterocycles. The highest BCUT2D eigenvalue weighted by molar-refractivity contribution is 7.99. The number of carbonyl (C=O) groups excluding carboxylic acids is 2. The number of amides is 2. The van der Waals surface area contributed by atoms with E-state index in [1.807, 2.05) is 13.8 Å². The molecule has 2 aromatic heterocycles. The third-order valence-corrected chi connectivity index (χ3v) is 6.36. The van der Waals surface area contributed by atoms with Crippen molar-refractivity contribution in [3.8, 4) is 0 Å². The van der Waals surface area contributed by atoms with E-state index >= 15 is 0 Å². The maximum atomic E-state index is 12.6. The van der Waals surface area contributed by atoms with Gasteiger partial charge in [0, 0.05) is 11.4 Å². The Morgan fingerprint density at radius 3 is 2.68 bits per heavy atom. The molecule has 9 heteroatoms. The average Bonchev–Trinajstić information content (AvgIpc) is 2.98. The Labute approximate surface area is 173 Å². The minimum Gasteiger partial charge on any atom is -0.355 e. The molecule has 0 fully saturated rings. The highest BCUT2D eigenvalue weighted by Crippen LogP contribution is 2.30. The fourth-order valence-corrected chi connectivity index (χ4v) is 4.45. The highest BCUT2D eigenvalue weighted by atomic mass is 32.2. The molecule has 0 aliphatic rings. The van der Waals surface area contributed by atoms with E-state index in [1.165, 1.54) is 11.3 Å². The van der Waals surface area contributed by atoms with E-state index in [0.717, 1.165) is 41.5 Å². The van der Waals surface area contributed by atoms with Crippen molar-refractivity contribution in [3.63, 3.8) is 0 Å². The van der Waals surface area contributed by atoms with Crippen molar-refractivity contribution in [2.24, 2.45) is 5.92 Å². The van der Waals surface area contributed by atoms with Gasteiger partial charge in [0.2, 0.25) is 11.8 Å². The number of H-pyrrole nitrogens is 1. The maximum Gasteiger partial charge on any atom is 0.260 e. The molecule has 0 aliphatic heterocycles. The van der Waals surface area contributed by atoms with Crippen molar-refractivity contribution in [2.75, 3.05) is 18.8 Å². The van der Waals surface area contributed by atoms with Crippen molar-refractivity contribution < 1.29 is 9.59 Å². The second kappa shape index (κ2) is 10.6. The van der Waals surface area contributed by atoms with Crippen LogP contribution in [0.2, 0.25) is 0 Å². The predicted molar refractivity (Wildman–Crippen MR) is 115 cm³/mol. The summed E-state index contributed by atoms with van der Waals surface area (Å²) < 4.78 is 0. The third kappa shape index (κ3) is 6.07. The zero-order valence-corrected chi connectivity index (χ0v) is 18.4. The van der Waals surface area contributed by atoms with E-state index in [4.69, 9.17) is 0 Å². The summed E-state index contributed by atoms with van der Waals surface area (Å²) in [5.74, 6) is 0.0954. The summed E-state index contributed by atoms with van der Waals surface area (Å²) in [5.41, 5.74) is 0.921. The van der Waals surface area contributed by atoms with Crippen LogP contribution in [0.5, 0.6) is 0 Å². The van der Waals surface area contributed by atoms with Gasteiger partial charge in [-0.3, -0.25) is 14.4 Å². The molecule has 7 nitrogen and oxygen atoms in total. The van der Waals surface area contributed by atoms with Gasteiger partial charge in [0.25, 0.3) is 5.56 Å². The Kier molecular flexibility index (Phi) is 8.50. The van der Waals surface area contributed by atoms with Crippen LogP contribution in [0, 0.1) is 12.8 Å². The molecule has 0 bridgehead atoms. The largest absolute Gasteiger partial charge is 0.355 e. The summed E-state index contributed by atoms with van der Waals surface area (Å²) in [6.45, 7) is 8.84. The minimum absolute atomic E-state index is 0.0501. The van der Waals surface area contributed by atoms with Crippen LogP contribution in [0.3, 0.4) is 0 Å². The summed E-state index contributed by atoms with van der Waals surface area (Å²) in [5, 5.41) is 6.35. The first-order chi connectivity index (χ1) is 13.3. The minimum atomic E-state index is -0.279. The quantitative estimate of drug-likeness (QED) is 0.402. The van der Waals surface area contributed by atoms with Crippen LogP contribution >= 0.6 is 23.1 Å². The number of nitrogens with zero attached hydrogens (tertiary/aromatic N) is 1. The van der Waals surface area contributed by atoms with Crippen molar-refractivity contribution in [2.45, 2.75) is 52.1 Å². The van der Waals surface area contributed by atoms with Crippen LogP contribution < -0.4 is 16.2 Å². The van der Waals surface area contributed by atoms with E-state index < -0.39 is 0 Å². The molecule has 0 spiro atoms. The summed E-state index contributed by atoms with van der Waals surface area (Å²) >= 11 is 2.67. The number of aromatic nitrogens is 2. The molecular formula is C19H28N4O3S2. The number of carbonyl (C=O) groups is 2. The first-order valence-electron chi connectivity index (χ1n) is 9.54. The van der Waals surface area contributed by atoms with Crippen LogP contribution in [-0.4, -0.2) is 40.6 Å². The topological polar surface area (TPSA) is 104 Å². The van der Waals surface area contributed by atoms with Gasteiger partial charge in [0.15, 0.2) is 5.16 Å². The third-order valence-electron chi connectivity index (χ3n) is 4.45. The zero-order chi connectivity index (χ0) is 20.7. The number of thioether (sulfide) groups is 1. The molecule has 1 atom stereocenters. The Morgan fingerprint density at radius 2 is 2.00 bits per heavy atom. The Morgan fingerprint density at radius 1 is 1.25 bits per heavy atom. The molecule has 0 unspecified atom stereocenters. The Hall–Kier alpha value is -1.87. The van der Waals surface area contributed by atoms with Crippen molar-refractivity contribution in [1.29, 1.82) is 0 Å². The fourth-order valence-electron chi connectivity index (χ4n) is 2.65. The lowest BCUT2D eigenvalue weighted by Gasteiger charge is -2.08.